The lowest BCUT2D eigenvalue weighted by atomic mass is 10.0. The van der Waals surface area contributed by atoms with E-state index in [2.05, 4.69) is 9.71 Å². The molecule has 1 aliphatic carbocycles. The van der Waals surface area contributed by atoms with Crippen molar-refractivity contribution in [1.29, 1.82) is 0 Å². The standard InChI is InChI=1S/C15H18N2O4S2/c1-20-12-8-7-10(9-13(12)21-2)23(18,19)17-15-16-11-5-3-4-6-14(11)22-15/h7-9H,3-6H2,1-2H3,(H,16,17). The molecule has 124 valence electrons. The minimum atomic E-state index is -3.71. The molecule has 1 heterocycles. The monoisotopic (exact) mass is 354 g/mol. The maximum absolute atomic E-state index is 12.5. The highest BCUT2D eigenvalue weighted by atomic mass is 32.2. The number of hydrogen-bond acceptors (Lipinski definition) is 6. The Kier molecular flexibility index (Phi) is 4.45. The second kappa shape index (κ2) is 6.37. The van der Waals surface area contributed by atoms with E-state index in [0.717, 1.165) is 31.4 Å². The molecule has 0 aliphatic heterocycles. The summed E-state index contributed by atoms with van der Waals surface area (Å²) in [5.74, 6) is 0.852. The summed E-state index contributed by atoms with van der Waals surface area (Å²) in [5.41, 5.74) is 1.02. The summed E-state index contributed by atoms with van der Waals surface area (Å²) >= 11 is 1.42. The van der Waals surface area contributed by atoms with Gasteiger partial charge in [-0.1, -0.05) is 0 Å². The van der Waals surface area contributed by atoms with Crippen LogP contribution in [0.25, 0.3) is 0 Å². The Bertz CT molecular complexity index is 791. The molecule has 2 aromatic rings. The molecule has 0 atom stereocenters. The SMILES string of the molecule is COc1ccc(S(=O)(=O)Nc2nc3c(s2)CCCC3)cc1OC. The fourth-order valence-corrected chi connectivity index (χ4v) is 4.85. The molecule has 6 nitrogen and oxygen atoms in total. The van der Waals surface area contributed by atoms with E-state index >= 15 is 0 Å². The zero-order chi connectivity index (χ0) is 16.4. The van der Waals surface area contributed by atoms with Crippen LogP contribution in [-0.2, 0) is 22.9 Å². The maximum atomic E-state index is 12.5. The molecule has 23 heavy (non-hydrogen) atoms. The molecule has 1 aliphatic rings. The summed E-state index contributed by atoms with van der Waals surface area (Å²) in [6.45, 7) is 0. The van der Waals surface area contributed by atoms with Crippen molar-refractivity contribution >= 4 is 26.5 Å². The molecule has 3 rings (SSSR count). The lowest BCUT2D eigenvalue weighted by Crippen LogP contribution is -2.13. The molecule has 0 saturated carbocycles. The van der Waals surface area contributed by atoms with Gasteiger partial charge < -0.3 is 9.47 Å². The molecule has 0 radical (unpaired) electrons. The molecular weight excluding hydrogens is 336 g/mol. The van der Waals surface area contributed by atoms with Crippen LogP contribution in [0, 0.1) is 0 Å². The molecule has 1 aromatic heterocycles. The van der Waals surface area contributed by atoms with Crippen LogP contribution in [0.3, 0.4) is 0 Å². The number of ether oxygens (including phenoxy) is 2. The predicted octanol–water partition coefficient (Wildman–Crippen LogP) is 2.84. The zero-order valence-electron chi connectivity index (χ0n) is 13.0. The van der Waals surface area contributed by atoms with Crippen molar-refractivity contribution < 1.29 is 17.9 Å². The number of aromatic nitrogens is 1. The summed E-state index contributed by atoms with van der Waals surface area (Å²) < 4.78 is 37.9. The summed E-state index contributed by atoms with van der Waals surface area (Å²) in [7, 11) is -0.735. The van der Waals surface area contributed by atoms with Crippen molar-refractivity contribution in [3.8, 4) is 11.5 Å². The van der Waals surface area contributed by atoms with Crippen molar-refractivity contribution in [2.24, 2.45) is 0 Å². The quantitative estimate of drug-likeness (QED) is 0.893. The number of methoxy groups -OCH3 is 2. The fraction of sp³-hybridized carbons (Fsp3) is 0.400. The van der Waals surface area contributed by atoms with Crippen LogP contribution in [-0.4, -0.2) is 27.6 Å². The molecule has 0 saturated heterocycles. The number of fused-ring (bicyclic) bond motifs is 1. The Labute approximate surface area is 139 Å². The van der Waals surface area contributed by atoms with Crippen LogP contribution in [0.5, 0.6) is 11.5 Å². The van der Waals surface area contributed by atoms with Gasteiger partial charge >= 0.3 is 0 Å². The van der Waals surface area contributed by atoms with Gasteiger partial charge in [-0.3, -0.25) is 4.72 Å². The van der Waals surface area contributed by atoms with Gasteiger partial charge in [-0.25, -0.2) is 13.4 Å². The Morgan fingerprint density at radius 3 is 2.57 bits per heavy atom. The molecule has 1 aromatic carbocycles. The summed E-state index contributed by atoms with van der Waals surface area (Å²) in [5, 5.41) is 0.423. The fourth-order valence-electron chi connectivity index (χ4n) is 2.55. The Balaban J connectivity index is 1.88. The number of sulfonamides is 1. The van der Waals surface area contributed by atoms with Gasteiger partial charge in [0.15, 0.2) is 16.6 Å². The number of rotatable bonds is 5. The van der Waals surface area contributed by atoms with Gasteiger partial charge in [-0.15, -0.1) is 11.3 Å². The predicted molar refractivity (Wildman–Crippen MR) is 89.1 cm³/mol. The normalized spacial score (nSPS) is 14.2. The van der Waals surface area contributed by atoms with E-state index in [-0.39, 0.29) is 4.90 Å². The van der Waals surface area contributed by atoms with E-state index in [9.17, 15) is 8.42 Å². The highest BCUT2D eigenvalue weighted by molar-refractivity contribution is 7.93. The third-order valence-corrected chi connectivity index (χ3v) is 6.27. The molecule has 0 amide bonds. The van der Waals surface area contributed by atoms with Crippen LogP contribution in [0.4, 0.5) is 5.13 Å². The van der Waals surface area contributed by atoms with E-state index in [1.54, 1.807) is 6.07 Å². The van der Waals surface area contributed by atoms with Crippen molar-refractivity contribution in [2.75, 3.05) is 18.9 Å². The molecule has 8 heteroatoms. The Hall–Kier alpha value is -1.80. The molecule has 1 N–H and O–H groups in total. The van der Waals surface area contributed by atoms with Crippen LogP contribution in [0.2, 0.25) is 0 Å². The highest BCUT2D eigenvalue weighted by Crippen LogP contribution is 2.33. The van der Waals surface area contributed by atoms with E-state index < -0.39 is 10.0 Å². The third kappa shape index (κ3) is 3.28. The van der Waals surface area contributed by atoms with Crippen LogP contribution in [0.15, 0.2) is 23.1 Å². The molecule has 0 bridgehead atoms. The minimum Gasteiger partial charge on any atom is -0.493 e. The average molecular weight is 354 g/mol. The Morgan fingerprint density at radius 1 is 1.13 bits per heavy atom. The van der Waals surface area contributed by atoms with Crippen LogP contribution in [0.1, 0.15) is 23.4 Å². The number of nitrogens with zero attached hydrogens (tertiary/aromatic N) is 1. The lowest BCUT2D eigenvalue weighted by molar-refractivity contribution is 0.354. The topological polar surface area (TPSA) is 77.5 Å². The summed E-state index contributed by atoms with van der Waals surface area (Å²) in [4.78, 5) is 5.71. The molecule has 0 unspecified atom stereocenters. The second-order valence-corrected chi connectivity index (χ2v) is 7.98. The zero-order valence-corrected chi connectivity index (χ0v) is 14.6. The van der Waals surface area contributed by atoms with E-state index in [1.807, 2.05) is 0 Å². The number of aryl methyl sites for hydroxylation is 2. The average Bonchev–Trinajstić information content (AvgIpc) is 2.95. The summed E-state index contributed by atoms with van der Waals surface area (Å²) in [6, 6.07) is 4.49. The van der Waals surface area contributed by atoms with Gasteiger partial charge in [0.2, 0.25) is 0 Å². The lowest BCUT2D eigenvalue weighted by Gasteiger charge is -2.10. The smallest absolute Gasteiger partial charge is 0.263 e. The summed E-state index contributed by atoms with van der Waals surface area (Å²) in [6.07, 6.45) is 4.14. The first-order valence-corrected chi connectivity index (χ1v) is 9.57. The van der Waals surface area contributed by atoms with E-state index in [0.29, 0.717) is 16.6 Å². The molecular formula is C15H18N2O4S2. The van der Waals surface area contributed by atoms with Crippen molar-refractivity contribution in [1.82, 2.24) is 4.98 Å². The number of thiazole rings is 1. The van der Waals surface area contributed by atoms with E-state index in [1.165, 1.54) is 42.6 Å². The third-order valence-electron chi connectivity index (χ3n) is 3.73. The number of hydrogen-bond donors (Lipinski definition) is 1. The van der Waals surface area contributed by atoms with Gasteiger partial charge in [0.05, 0.1) is 24.8 Å². The Morgan fingerprint density at radius 2 is 1.87 bits per heavy atom. The number of benzene rings is 1. The van der Waals surface area contributed by atoms with Gasteiger partial charge in [0.25, 0.3) is 10.0 Å². The van der Waals surface area contributed by atoms with Crippen molar-refractivity contribution in [3.05, 3.63) is 28.8 Å². The van der Waals surface area contributed by atoms with Crippen molar-refractivity contribution in [2.45, 2.75) is 30.6 Å². The number of anilines is 1. The van der Waals surface area contributed by atoms with Gasteiger partial charge in [0.1, 0.15) is 0 Å². The first-order chi connectivity index (χ1) is 11.0. The van der Waals surface area contributed by atoms with Gasteiger partial charge in [-0.2, -0.15) is 0 Å². The first-order valence-electron chi connectivity index (χ1n) is 7.27. The molecule has 0 fully saturated rings. The van der Waals surface area contributed by atoms with Crippen molar-refractivity contribution in [3.63, 3.8) is 0 Å². The van der Waals surface area contributed by atoms with Crippen LogP contribution >= 0.6 is 11.3 Å². The van der Waals surface area contributed by atoms with Gasteiger partial charge in [0, 0.05) is 10.9 Å². The minimum absolute atomic E-state index is 0.114. The second-order valence-electron chi connectivity index (χ2n) is 5.22. The molecule has 0 spiro atoms. The van der Waals surface area contributed by atoms with E-state index in [4.69, 9.17) is 9.47 Å². The highest BCUT2D eigenvalue weighted by Gasteiger charge is 2.21. The first kappa shape index (κ1) is 16.1. The largest absolute Gasteiger partial charge is 0.493 e. The maximum Gasteiger partial charge on any atom is 0.263 e. The van der Waals surface area contributed by atoms with Gasteiger partial charge in [-0.05, 0) is 37.8 Å². The number of nitrogens with one attached hydrogen (secondary N) is 1. The van der Waals surface area contributed by atoms with Crippen LogP contribution < -0.4 is 14.2 Å².